The van der Waals surface area contributed by atoms with Crippen molar-refractivity contribution in [3.8, 4) is 38.5 Å². The summed E-state index contributed by atoms with van der Waals surface area (Å²) in [6.45, 7) is 0. The topological polar surface area (TPSA) is 4.93 Å². The number of hydrogen-bond donors (Lipinski definition) is 0. The predicted molar refractivity (Wildman–Crippen MR) is 158 cm³/mol. The van der Waals surface area contributed by atoms with Crippen LogP contribution in [0.2, 0.25) is 0 Å². The van der Waals surface area contributed by atoms with Gasteiger partial charge >= 0.3 is 0 Å². The zero-order valence-corrected chi connectivity index (χ0v) is 21.0. The van der Waals surface area contributed by atoms with E-state index in [0.717, 1.165) is 6.42 Å². The summed E-state index contributed by atoms with van der Waals surface area (Å²) in [5.41, 5.74) is 11.8. The summed E-state index contributed by atoms with van der Waals surface area (Å²) in [5, 5.41) is 2.75. The third kappa shape index (κ3) is 3.16. The standard InChI is InChI=1S/C35H23NS/c1-3-10-23(11-4-1)25-14-9-15-27(20-25)36-32-19-18-26(24-12-5-2-6-13-24)21-29(32)30-22-31-28-16-7-8-17-33(28)37-35(31)34(30)36/h1-21H,22H2. The number of aromatic nitrogens is 1. The first-order chi connectivity index (χ1) is 18.3. The highest BCUT2D eigenvalue weighted by atomic mass is 32.1. The van der Waals surface area contributed by atoms with Crippen molar-refractivity contribution in [2.45, 2.75) is 6.42 Å². The van der Waals surface area contributed by atoms with Crippen LogP contribution in [0.25, 0.3) is 59.5 Å². The molecule has 2 aromatic heterocycles. The second kappa shape index (κ2) is 8.06. The molecule has 0 spiro atoms. The highest BCUT2D eigenvalue weighted by Crippen LogP contribution is 2.51. The Morgan fingerprint density at radius 1 is 0.514 bits per heavy atom. The lowest BCUT2D eigenvalue weighted by Crippen LogP contribution is -1.96. The average molecular weight is 490 g/mol. The molecule has 1 aliphatic carbocycles. The molecule has 0 unspecified atom stereocenters. The van der Waals surface area contributed by atoms with Gasteiger partial charge in [-0.25, -0.2) is 0 Å². The summed E-state index contributed by atoms with van der Waals surface area (Å²) in [7, 11) is 0. The van der Waals surface area contributed by atoms with Gasteiger partial charge in [0.2, 0.25) is 0 Å². The van der Waals surface area contributed by atoms with Crippen LogP contribution in [-0.4, -0.2) is 4.57 Å². The number of fused-ring (bicyclic) bond motifs is 7. The second-order valence-electron chi connectivity index (χ2n) is 9.76. The van der Waals surface area contributed by atoms with Gasteiger partial charge in [0.15, 0.2) is 0 Å². The Morgan fingerprint density at radius 3 is 1.97 bits per heavy atom. The molecule has 1 aliphatic rings. The molecule has 8 rings (SSSR count). The maximum Gasteiger partial charge on any atom is 0.0679 e. The Morgan fingerprint density at radius 2 is 1.19 bits per heavy atom. The van der Waals surface area contributed by atoms with Crippen LogP contribution in [0.5, 0.6) is 0 Å². The van der Waals surface area contributed by atoms with Crippen molar-refractivity contribution < 1.29 is 0 Å². The van der Waals surface area contributed by atoms with Gasteiger partial charge in [-0.15, -0.1) is 11.3 Å². The average Bonchev–Trinajstić information content (AvgIpc) is 3.61. The molecule has 2 heteroatoms. The van der Waals surface area contributed by atoms with Crippen LogP contribution in [0.4, 0.5) is 0 Å². The summed E-state index contributed by atoms with van der Waals surface area (Å²) in [5.74, 6) is 0. The van der Waals surface area contributed by atoms with E-state index in [1.807, 2.05) is 11.3 Å². The summed E-state index contributed by atoms with van der Waals surface area (Å²) < 4.78 is 3.88. The smallest absolute Gasteiger partial charge is 0.0679 e. The largest absolute Gasteiger partial charge is 0.308 e. The molecular formula is C35H23NS. The number of rotatable bonds is 3. The van der Waals surface area contributed by atoms with Gasteiger partial charge in [-0.3, -0.25) is 0 Å². The number of benzene rings is 5. The fourth-order valence-electron chi connectivity index (χ4n) is 5.95. The van der Waals surface area contributed by atoms with Gasteiger partial charge in [-0.05, 0) is 69.1 Å². The van der Waals surface area contributed by atoms with Crippen molar-refractivity contribution in [3.63, 3.8) is 0 Å². The normalized spacial score (nSPS) is 12.2. The molecule has 0 atom stereocenters. The summed E-state index contributed by atoms with van der Waals surface area (Å²) in [6, 6.07) is 46.2. The fourth-order valence-corrected chi connectivity index (χ4v) is 7.23. The minimum atomic E-state index is 0.981. The van der Waals surface area contributed by atoms with Crippen molar-refractivity contribution in [2.75, 3.05) is 0 Å². The quantitative estimate of drug-likeness (QED) is 0.233. The van der Waals surface area contributed by atoms with E-state index in [2.05, 4.69) is 132 Å². The van der Waals surface area contributed by atoms with E-state index in [1.54, 1.807) is 0 Å². The zero-order chi connectivity index (χ0) is 24.3. The maximum absolute atomic E-state index is 2.51. The van der Waals surface area contributed by atoms with E-state index in [0.29, 0.717) is 0 Å². The molecule has 1 nitrogen and oxygen atoms in total. The molecule has 0 amide bonds. The molecule has 7 aromatic rings. The molecule has 0 saturated heterocycles. The van der Waals surface area contributed by atoms with Crippen LogP contribution in [0.3, 0.4) is 0 Å². The van der Waals surface area contributed by atoms with Gasteiger partial charge in [-0.2, -0.15) is 0 Å². The third-order valence-electron chi connectivity index (χ3n) is 7.66. The summed E-state index contributed by atoms with van der Waals surface area (Å²) in [4.78, 5) is 1.42. The van der Waals surface area contributed by atoms with E-state index in [9.17, 15) is 0 Å². The van der Waals surface area contributed by atoms with E-state index in [4.69, 9.17) is 0 Å². The predicted octanol–water partition coefficient (Wildman–Crippen LogP) is 9.75. The van der Waals surface area contributed by atoms with Gasteiger partial charge in [0, 0.05) is 22.2 Å². The van der Waals surface area contributed by atoms with Gasteiger partial charge < -0.3 is 4.57 Å². The zero-order valence-electron chi connectivity index (χ0n) is 20.2. The third-order valence-corrected chi connectivity index (χ3v) is 8.88. The van der Waals surface area contributed by atoms with E-state index in [1.165, 1.54) is 70.6 Å². The number of nitrogens with zero attached hydrogens (tertiary/aromatic N) is 1. The molecule has 5 aromatic carbocycles. The molecule has 37 heavy (non-hydrogen) atoms. The molecule has 0 radical (unpaired) electrons. The lowest BCUT2D eigenvalue weighted by molar-refractivity contribution is 1.14. The van der Waals surface area contributed by atoms with Crippen LogP contribution in [0, 0.1) is 0 Å². The number of hydrogen-bond acceptors (Lipinski definition) is 1. The van der Waals surface area contributed by atoms with E-state index in [-0.39, 0.29) is 0 Å². The van der Waals surface area contributed by atoms with E-state index >= 15 is 0 Å². The fraction of sp³-hybridized carbons (Fsp3) is 0.0286. The summed E-state index contributed by atoms with van der Waals surface area (Å²) in [6.07, 6.45) is 0.981. The Bertz CT molecular complexity index is 1940. The van der Waals surface area contributed by atoms with Crippen molar-refractivity contribution in [1.29, 1.82) is 0 Å². The molecule has 174 valence electrons. The van der Waals surface area contributed by atoms with Crippen molar-refractivity contribution in [1.82, 2.24) is 4.57 Å². The minimum absolute atomic E-state index is 0.981. The van der Waals surface area contributed by atoms with Crippen LogP contribution in [0.15, 0.2) is 127 Å². The van der Waals surface area contributed by atoms with Crippen molar-refractivity contribution in [3.05, 3.63) is 139 Å². The first kappa shape index (κ1) is 20.8. The first-order valence-electron chi connectivity index (χ1n) is 12.7. The lowest BCUT2D eigenvalue weighted by Gasteiger charge is -2.12. The van der Waals surface area contributed by atoms with Crippen molar-refractivity contribution in [2.24, 2.45) is 0 Å². The maximum atomic E-state index is 2.51. The highest BCUT2D eigenvalue weighted by Gasteiger charge is 2.31. The molecule has 0 bridgehead atoms. The Balaban J connectivity index is 1.42. The molecule has 0 fully saturated rings. The monoisotopic (exact) mass is 489 g/mol. The molecule has 0 aliphatic heterocycles. The SMILES string of the molecule is c1ccc(-c2cccc(-n3c4c(c5cc(-c6ccccc6)ccc53)Cc3c-4sc4ccccc34)c2)cc1. The molecular weight excluding hydrogens is 466 g/mol. The Kier molecular flexibility index (Phi) is 4.52. The van der Waals surface area contributed by atoms with Gasteiger partial charge in [0.25, 0.3) is 0 Å². The van der Waals surface area contributed by atoms with Gasteiger partial charge in [0.1, 0.15) is 0 Å². The Hall–Kier alpha value is -4.40. The van der Waals surface area contributed by atoms with Crippen LogP contribution < -0.4 is 0 Å². The van der Waals surface area contributed by atoms with E-state index < -0.39 is 0 Å². The van der Waals surface area contributed by atoms with Crippen LogP contribution >= 0.6 is 11.3 Å². The van der Waals surface area contributed by atoms with Crippen LogP contribution in [-0.2, 0) is 6.42 Å². The van der Waals surface area contributed by atoms with Gasteiger partial charge in [0.05, 0.1) is 16.1 Å². The lowest BCUT2D eigenvalue weighted by atomic mass is 10.0. The van der Waals surface area contributed by atoms with Gasteiger partial charge in [-0.1, -0.05) is 97.1 Å². The first-order valence-corrected chi connectivity index (χ1v) is 13.6. The Labute approximate surface area is 219 Å². The highest BCUT2D eigenvalue weighted by molar-refractivity contribution is 7.22. The summed E-state index contributed by atoms with van der Waals surface area (Å²) >= 11 is 1.93. The second-order valence-corrected chi connectivity index (χ2v) is 10.8. The molecule has 0 saturated carbocycles. The van der Waals surface area contributed by atoms with Crippen molar-refractivity contribution >= 4 is 32.3 Å². The number of thiophene rings is 1. The minimum Gasteiger partial charge on any atom is -0.308 e. The molecule has 0 N–H and O–H groups in total. The molecule has 2 heterocycles. The van der Waals surface area contributed by atoms with Crippen LogP contribution in [0.1, 0.15) is 11.1 Å².